The summed E-state index contributed by atoms with van der Waals surface area (Å²) in [4.78, 5) is 16.9. The molecule has 0 aromatic heterocycles. The third-order valence-corrected chi connectivity index (χ3v) is 3.93. The molecule has 0 aliphatic carbocycles. The number of carbonyl (C=O) groups excluding carboxylic acids is 1. The van der Waals surface area contributed by atoms with Crippen molar-refractivity contribution in [1.82, 2.24) is 5.32 Å². The number of aliphatic imine (C=N–C) groups is 1. The molecule has 0 spiro atoms. The summed E-state index contributed by atoms with van der Waals surface area (Å²) in [6.45, 7) is 0. The summed E-state index contributed by atoms with van der Waals surface area (Å²) in [7, 11) is 3.08. The number of benzene rings is 2. The number of rotatable bonds is 5. The molecule has 2 rings (SSSR count). The van der Waals surface area contributed by atoms with E-state index in [0.29, 0.717) is 33.6 Å². The minimum absolute atomic E-state index is 0.312. The summed E-state index contributed by atoms with van der Waals surface area (Å²) in [6, 6.07) is 11.9. The van der Waals surface area contributed by atoms with Crippen LogP contribution in [0.4, 0.5) is 11.4 Å². The molecule has 0 heterocycles. The van der Waals surface area contributed by atoms with Crippen LogP contribution in [-0.4, -0.2) is 31.6 Å². The monoisotopic (exact) mass is 370 g/mol. The highest BCUT2D eigenvalue weighted by Gasteiger charge is 2.11. The van der Waals surface area contributed by atoms with Crippen LogP contribution >= 0.6 is 11.8 Å². The molecule has 1 amide bonds. The Morgan fingerprint density at radius 3 is 2.65 bits per heavy atom. The second-order valence-corrected chi connectivity index (χ2v) is 5.72. The lowest BCUT2D eigenvalue weighted by atomic mass is 10.2. The van der Waals surface area contributed by atoms with Gasteiger partial charge in [0.15, 0.2) is 11.4 Å². The van der Waals surface area contributed by atoms with Crippen LogP contribution in [0.3, 0.4) is 0 Å². The zero-order valence-electron chi connectivity index (χ0n) is 14.6. The highest BCUT2D eigenvalue weighted by Crippen LogP contribution is 2.29. The molecule has 0 radical (unpaired) electrons. The number of hydrogen-bond acceptors (Lipinski definition) is 6. The molecule has 26 heavy (non-hydrogen) atoms. The van der Waals surface area contributed by atoms with E-state index in [4.69, 9.17) is 14.7 Å². The SMILES string of the molecule is COc1ccc(OC)c(NC(=O)c2cccc(N=C(NC#N)SC)c2)c1. The zero-order chi connectivity index (χ0) is 18.9. The number of anilines is 1. The summed E-state index contributed by atoms with van der Waals surface area (Å²) in [6.07, 6.45) is 3.63. The van der Waals surface area contributed by atoms with Crippen LogP contribution in [0, 0.1) is 11.5 Å². The number of hydrogen-bond donors (Lipinski definition) is 2. The zero-order valence-corrected chi connectivity index (χ0v) is 15.4. The molecule has 2 aromatic rings. The highest BCUT2D eigenvalue weighted by molar-refractivity contribution is 8.13. The van der Waals surface area contributed by atoms with Gasteiger partial charge in [-0.05, 0) is 36.6 Å². The fourth-order valence-electron chi connectivity index (χ4n) is 2.11. The number of nitriles is 1. The number of thioether (sulfide) groups is 1. The van der Waals surface area contributed by atoms with Crippen molar-refractivity contribution in [2.45, 2.75) is 0 Å². The Labute approximate surface area is 156 Å². The maximum atomic E-state index is 12.6. The molecule has 0 unspecified atom stereocenters. The molecule has 7 nitrogen and oxygen atoms in total. The predicted octanol–water partition coefficient (Wildman–Crippen LogP) is 3.38. The summed E-state index contributed by atoms with van der Waals surface area (Å²) >= 11 is 1.30. The van der Waals surface area contributed by atoms with Crippen molar-refractivity contribution in [3.05, 3.63) is 48.0 Å². The van der Waals surface area contributed by atoms with Crippen LogP contribution in [-0.2, 0) is 0 Å². The molecule has 0 aliphatic rings. The first-order chi connectivity index (χ1) is 12.6. The van der Waals surface area contributed by atoms with Crippen molar-refractivity contribution in [2.24, 2.45) is 4.99 Å². The number of nitrogens with zero attached hydrogens (tertiary/aromatic N) is 2. The Kier molecular flexibility index (Phi) is 6.88. The quantitative estimate of drug-likeness (QED) is 0.363. The van der Waals surface area contributed by atoms with Crippen molar-refractivity contribution in [3.63, 3.8) is 0 Å². The second-order valence-electron chi connectivity index (χ2n) is 4.93. The van der Waals surface area contributed by atoms with E-state index >= 15 is 0 Å². The minimum Gasteiger partial charge on any atom is -0.497 e. The normalized spacial score (nSPS) is 10.6. The molecule has 0 saturated carbocycles. The molecular formula is C18H18N4O3S. The summed E-state index contributed by atoms with van der Waals surface area (Å²) < 4.78 is 10.4. The number of amidine groups is 1. The molecule has 134 valence electrons. The van der Waals surface area contributed by atoms with Gasteiger partial charge in [-0.15, -0.1) is 0 Å². The average molecular weight is 370 g/mol. The standard InChI is InChI=1S/C18H18N4O3S/c1-24-14-7-8-16(25-2)15(10-14)22-17(23)12-5-4-6-13(9-12)21-18(26-3)20-11-19/h4-10H,1-3H3,(H,20,21)(H,22,23). The first-order valence-corrected chi connectivity index (χ1v) is 8.75. The van der Waals surface area contributed by atoms with E-state index in [9.17, 15) is 4.79 Å². The molecular weight excluding hydrogens is 352 g/mol. The molecule has 0 saturated heterocycles. The van der Waals surface area contributed by atoms with Gasteiger partial charge in [-0.2, -0.15) is 5.26 Å². The maximum Gasteiger partial charge on any atom is 0.255 e. The average Bonchev–Trinajstić information content (AvgIpc) is 2.67. The van der Waals surface area contributed by atoms with Crippen LogP contribution in [0.1, 0.15) is 10.4 Å². The second kappa shape index (κ2) is 9.34. The van der Waals surface area contributed by atoms with Gasteiger partial charge in [-0.25, -0.2) is 4.99 Å². The van der Waals surface area contributed by atoms with Crippen LogP contribution in [0.15, 0.2) is 47.5 Å². The van der Waals surface area contributed by atoms with E-state index in [1.165, 1.54) is 18.9 Å². The van der Waals surface area contributed by atoms with Gasteiger partial charge in [0.1, 0.15) is 11.5 Å². The molecule has 2 aromatic carbocycles. The Morgan fingerprint density at radius 2 is 2.00 bits per heavy atom. The molecule has 0 atom stereocenters. The van der Waals surface area contributed by atoms with E-state index in [1.54, 1.807) is 55.8 Å². The number of carbonyl (C=O) groups is 1. The van der Waals surface area contributed by atoms with E-state index < -0.39 is 0 Å². The first-order valence-electron chi connectivity index (χ1n) is 7.52. The van der Waals surface area contributed by atoms with E-state index in [0.717, 1.165) is 0 Å². The number of ether oxygens (including phenoxy) is 2. The van der Waals surface area contributed by atoms with Crippen molar-refractivity contribution < 1.29 is 14.3 Å². The van der Waals surface area contributed by atoms with Gasteiger partial charge in [0.05, 0.1) is 25.6 Å². The molecule has 2 N–H and O–H groups in total. The van der Waals surface area contributed by atoms with Crippen molar-refractivity contribution in [3.8, 4) is 17.7 Å². The fourth-order valence-corrected chi connectivity index (χ4v) is 2.46. The Balaban J connectivity index is 2.26. The van der Waals surface area contributed by atoms with Gasteiger partial charge < -0.3 is 14.8 Å². The summed E-state index contributed by atoms with van der Waals surface area (Å²) in [5, 5.41) is 14.4. The third kappa shape index (κ3) is 4.91. The lowest BCUT2D eigenvalue weighted by Gasteiger charge is -2.12. The van der Waals surface area contributed by atoms with Gasteiger partial charge >= 0.3 is 0 Å². The summed E-state index contributed by atoms with van der Waals surface area (Å²) in [5.74, 6) is 0.815. The van der Waals surface area contributed by atoms with Gasteiger partial charge in [0.2, 0.25) is 0 Å². The van der Waals surface area contributed by atoms with E-state index in [2.05, 4.69) is 15.6 Å². The molecule has 0 bridgehead atoms. The Hall–Kier alpha value is -3.18. The van der Waals surface area contributed by atoms with Crippen LogP contribution in [0.5, 0.6) is 11.5 Å². The predicted molar refractivity (Wildman–Crippen MR) is 103 cm³/mol. The summed E-state index contributed by atoms with van der Waals surface area (Å²) in [5.41, 5.74) is 1.48. The molecule has 0 fully saturated rings. The highest BCUT2D eigenvalue weighted by atomic mass is 32.2. The van der Waals surface area contributed by atoms with Crippen molar-refractivity contribution >= 4 is 34.2 Å². The lowest BCUT2D eigenvalue weighted by Crippen LogP contribution is -2.13. The lowest BCUT2D eigenvalue weighted by molar-refractivity contribution is 0.102. The van der Waals surface area contributed by atoms with Crippen molar-refractivity contribution in [2.75, 3.05) is 25.8 Å². The minimum atomic E-state index is -0.312. The fraction of sp³-hybridized carbons (Fsp3) is 0.167. The number of nitrogens with one attached hydrogen (secondary N) is 2. The maximum absolute atomic E-state index is 12.6. The molecule has 8 heteroatoms. The van der Waals surface area contributed by atoms with Gasteiger partial charge in [-0.1, -0.05) is 17.8 Å². The smallest absolute Gasteiger partial charge is 0.255 e. The van der Waals surface area contributed by atoms with Gasteiger partial charge in [-0.3, -0.25) is 10.1 Å². The third-order valence-electron chi connectivity index (χ3n) is 3.35. The van der Waals surface area contributed by atoms with E-state index in [1.807, 2.05) is 6.19 Å². The van der Waals surface area contributed by atoms with Crippen LogP contribution < -0.4 is 20.1 Å². The Bertz CT molecular complexity index is 862. The molecule has 0 aliphatic heterocycles. The van der Waals surface area contributed by atoms with Crippen molar-refractivity contribution in [1.29, 1.82) is 5.26 Å². The van der Waals surface area contributed by atoms with E-state index in [-0.39, 0.29) is 5.91 Å². The van der Waals surface area contributed by atoms with Crippen LogP contribution in [0.25, 0.3) is 0 Å². The first kappa shape index (κ1) is 19.1. The number of methoxy groups -OCH3 is 2. The largest absolute Gasteiger partial charge is 0.497 e. The number of amides is 1. The van der Waals surface area contributed by atoms with Gasteiger partial charge in [0.25, 0.3) is 5.91 Å². The topological polar surface area (TPSA) is 95.7 Å². The van der Waals surface area contributed by atoms with Crippen LogP contribution in [0.2, 0.25) is 0 Å². The Morgan fingerprint density at radius 1 is 1.19 bits per heavy atom. The van der Waals surface area contributed by atoms with Gasteiger partial charge in [0, 0.05) is 11.6 Å².